The van der Waals surface area contributed by atoms with Crippen LogP contribution in [0.15, 0.2) is 0 Å². The minimum atomic E-state index is 0.179. The average molecular weight is 385 g/mol. The number of ether oxygens (including phenoxy) is 6. The predicted octanol–water partition coefficient (Wildman–Crippen LogP) is 1.48. The highest BCUT2D eigenvalue weighted by molar-refractivity contribution is 7.84. The average Bonchev–Trinajstić information content (AvgIpc) is 3.11. The zero-order chi connectivity index (χ0) is 17.3. The van der Waals surface area contributed by atoms with E-state index in [4.69, 9.17) is 28.4 Å². The third-order valence-electron chi connectivity index (χ3n) is 3.34. The van der Waals surface area contributed by atoms with Gasteiger partial charge in [-0.05, 0) is 12.8 Å². The monoisotopic (exact) mass is 384 g/mol. The van der Waals surface area contributed by atoms with E-state index in [1.165, 1.54) is 0 Å². The summed E-state index contributed by atoms with van der Waals surface area (Å²) < 4.78 is 32.6. The zero-order valence-corrected chi connectivity index (χ0v) is 16.2. The van der Waals surface area contributed by atoms with Crippen molar-refractivity contribution < 1.29 is 28.4 Å². The van der Waals surface area contributed by atoms with Crippen molar-refractivity contribution in [3.8, 4) is 0 Å². The molecule has 0 N–H and O–H groups in total. The molecule has 0 aliphatic carbocycles. The van der Waals surface area contributed by atoms with E-state index in [2.05, 4.69) is 25.3 Å². The standard InChI is InChI=1S/C16H32O6S2/c23-14-16(24)13-21-11-9-19-7-5-17-4-6-18-8-10-20-12-15-2-1-3-22-15/h15-16,23-24H,1-14H2. The summed E-state index contributed by atoms with van der Waals surface area (Å²) >= 11 is 8.41. The molecule has 1 rings (SSSR count). The van der Waals surface area contributed by atoms with Gasteiger partial charge in [0.05, 0.1) is 72.2 Å². The summed E-state index contributed by atoms with van der Waals surface area (Å²) in [7, 11) is 0. The molecule has 1 fully saturated rings. The van der Waals surface area contributed by atoms with Gasteiger partial charge in [0, 0.05) is 17.6 Å². The van der Waals surface area contributed by atoms with Crippen LogP contribution < -0.4 is 0 Å². The van der Waals surface area contributed by atoms with Gasteiger partial charge in [-0.25, -0.2) is 0 Å². The van der Waals surface area contributed by atoms with Gasteiger partial charge in [0.1, 0.15) is 0 Å². The van der Waals surface area contributed by atoms with Crippen molar-refractivity contribution in [3.05, 3.63) is 0 Å². The maximum Gasteiger partial charge on any atom is 0.0809 e. The van der Waals surface area contributed by atoms with E-state index < -0.39 is 0 Å². The molecule has 8 heteroatoms. The molecule has 0 aromatic rings. The molecule has 2 unspecified atom stereocenters. The molecule has 2 atom stereocenters. The lowest BCUT2D eigenvalue weighted by molar-refractivity contribution is -0.0247. The van der Waals surface area contributed by atoms with Crippen molar-refractivity contribution in [2.45, 2.75) is 24.2 Å². The van der Waals surface area contributed by atoms with Gasteiger partial charge < -0.3 is 28.4 Å². The Morgan fingerprint density at radius 2 is 1.38 bits per heavy atom. The zero-order valence-electron chi connectivity index (χ0n) is 14.4. The smallest absolute Gasteiger partial charge is 0.0809 e. The molecule has 1 saturated heterocycles. The molecule has 0 bridgehead atoms. The maximum atomic E-state index is 5.50. The predicted molar refractivity (Wildman–Crippen MR) is 99.7 cm³/mol. The van der Waals surface area contributed by atoms with E-state index in [-0.39, 0.29) is 11.4 Å². The summed E-state index contributed by atoms with van der Waals surface area (Å²) in [6.45, 7) is 6.71. The van der Waals surface area contributed by atoms with Crippen LogP contribution in [0.3, 0.4) is 0 Å². The van der Waals surface area contributed by atoms with Gasteiger partial charge in [0.2, 0.25) is 0 Å². The van der Waals surface area contributed by atoms with Crippen LogP contribution in [0.5, 0.6) is 0 Å². The molecule has 0 radical (unpaired) electrons. The number of rotatable bonds is 17. The lowest BCUT2D eigenvalue weighted by atomic mass is 10.2. The minimum absolute atomic E-state index is 0.179. The first-order valence-corrected chi connectivity index (χ1v) is 9.77. The Labute approximate surface area is 156 Å². The molecule has 1 heterocycles. The quantitative estimate of drug-likeness (QED) is 0.293. The van der Waals surface area contributed by atoms with Crippen molar-refractivity contribution in [1.29, 1.82) is 0 Å². The fourth-order valence-corrected chi connectivity index (χ4v) is 2.25. The van der Waals surface area contributed by atoms with Crippen molar-refractivity contribution in [2.24, 2.45) is 0 Å². The van der Waals surface area contributed by atoms with E-state index in [9.17, 15) is 0 Å². The molecular weight excluding hydrogens is 352 g/mol. The highest BCUT2D eigenvalue weighted by Crippen LogP contribution is 2.11. The lowest BCUT2D eigenvalue weighted by Crippen LogP contribution is -2.17. The summed E-state index contributed by atoms with van der Waals surface area (Å²) in [5, 5.41) is 0.179. The minimum Gasteiger partial charge on any atom is -0.378 e. The van der Waals surface area contributed by atoms with Crippen molar-refractivity contribution in [3.63, 3.8) is 0 Å². The van der Waals surface area contributed by atoms with Crippen molar-refractivity contribution in [1.82, 2.24) is 0 Å². The first-order chi connectivity index (χ1) is 11.8. The largest absolute Gasteiger partial charge is 0.378 e. The van der Waals surface area contributed by atoms with Gasteiger partial charge in [0.25, 0.3) is 0 Å². The molecule has 24 heavy (non-hydrogen) atoms. The van der Waals surface area contributed by atoms with E-state index in [0.29, 0.717) is 71.8 Å². The van der Waals surface area contributed by atoms with Crippen LogP contribution >= 0.6 is 25.3 Å². The SMILES string of the molecule is SCC(S)COCCOCCOCCOCCOCC1CCCO1. The summed E-state index contributed by atoms with van der Waals surface area (Å²) in [5.41, 5.74) is 0. The van der Waals surface area contributed by atoms with E-state index in [0.717, 1.165) is 19.4 Å². The maximum absolute atomic E-state index is 5.50. The first kappa shape index (κ1) is 22.5. The Bertz CT molecular complexity index is 267. The molecule has 144 valence electrons. The van der Waals surface area contributed by atoms with Crippen LogP contribution in [0.4, 0.5) is 0 Å². The second-order valence-electron chi connectivity index (χ2n) is 5.46. The first-order valence-electron chi connectivity index (χ1n) is 8.62. The Hall–Kier alpha value is 0.460. The Morgan fingerprint density at radius 3 is 1.88 bits per heavy atom. The molecule has 6 nitrogen and oxygen atoms in total. The van der Waals surface area contributed by atoms with Gasteiger partial charge in [-0.1, -0.05) is 0 Å². The Morgan fingerprint density at radius 1 is 0.833 bits per heavy atom. The number of hydrogen-bond donors (Lipinski definition) is 2. The van der Waals surface area contributed by atoms with Crippen LogP contribution in [-0.4, -0.2) is 89.8 Å². The summed E-state index contributed by atoms with van der Waals surface area (Å²) in [5.74, 6) is 0.709. The summed E-state index contributed by atoms with van der Waals surface area (Å²) in [4.78, 5) is 0. The second kappa shape index (κ2) is 16.9. The second-order valence-corrected chi connectivity index (χ2v) is 6.55. The van der Waals surface area contributed by atoms with Gasteiger partial charge in [0.15, 0.2) is 0 Å². The van der Waals surface area contributed by atoms with E-state index in [1.54, 1.807) is 0 Å². The highest BCUT2D eigenvalue weighted by atomic mass is 32.1. The molecule has 0 amide bonds. The fraction of sp³-hybridized carbons (Fsp3) is 1.00. The van der Waals surface area contributed by atoms with E-state index >= 15 is 0 Å². The topological polar surface area (TPSA) is 55.4 Å². The molecule has 1 aliphatic heterocycles. The Kier molecular flexibility index (Phi) is 15.8. The van der Waals surface area contributed by atoms with Crippen LogP contribution in [0.25, 0.3) is 0 Å². The van der Waals surface area contributed by atoms with Crippen LogP contribution in [0.2, 0.25) is 0 Å². The lowest BCUT2D eigenvalue weighted by Gasteiger charge is -2.10. The molecule has 1 aliphatic rings. The van der Waals surface area contributed by atoms with Crippen molar-refractivity contribution in [2.75, 3.05) is 78.4 Å². The third-order valence-corrected chi connectivity index (χ3v) is 4.40. The molecular formula is C16H32O6S2. The van der Waals surface area contributed by atoms with Gasteiger partial charge in [-0.3, -0.25) is 0 Å². The van der Waals surface area contributed by atoms with Crippen LogP contribution in [-0.2, 0) is 28.4 Å². The number of hydrogen-bond acceptors (Lipinski definition) is 8. The molecule has 0 aromatic heterocycles. The normalized spacial score (nSPS) is 19.0. The van der Waals surface area contributed by atoms with Crippen LogP contribution in [0.1, 0.15) is 12.8 Å². The third kappa shape index (κ3) is 13.7. The highest BCUT2D eigenvalue weighted by Gasteiger charge is 2.14. The summed E-state index contributed by atoms with van der Waals surface area (Å²) in [6, 6.07) is 0. The summed E-state index contributed by atoms with van der Waals surface area (Å²) in [6.07, 6.45) is 2.53. The van der Waals surface area contributed by atoms with Crippen LogP contribution in [0, 0.1) is 0 Å². The fourth-order valence-electron chi connectivity index (χ4n) is 2.04. The molecule has 0 saturated carbocycles. The van der Waals surface area contributed by atoms with E-state index in [1.807, 2.05) is 0 Å². The molecule has 0 aromatic carbocycles. The van der Waals surface area contributed by atoms with Gasteiger partial charge >= 0.3 is 0 Å². The van der Waals surface area contributed by atoms with Gasteiger partial charge in [-0.15, -0.1) is 0 Å². The van der Waals surface area contributed by atoms with Crippen molar-refractivity contribution >= 4 is 25.3 Å². The molecule has 0 spiro atoms. The Balaban J connectivity index is 1.66. The van der Waals surface area contributed by atoms with Gasteiger partial charge in [-0.2, -0.15) is 25.3 Å². The number of thiol groups is 2.